The van der Waals surface area contributed by atoms with Gasteiger partial charge in [-0.15, -0.1) is 0 Å². The Balaban J connectivity index is -0.000000245. The third-order valence-corrected chi connectivity index (χ3v) is 1.37. The number of hydrogen-bond acceptors (Lipinski definition) is 4. The van der Waals surface area contributed by atoms with Crippen LogP contribution in [0.15, 0.2) is 33.8 Å². The lowest BCUT2D eigenvalue weighted by Gasteiger charge is -2.04. The van der Waals surface area contributed by atoms with Crippen molar-refractivity contribution in [3.05, 3.63) is 44.4 Å². The largest absolute Gasteiger partial charge is 0.412 e. The summed E-state index contributed by atoms with van der Waals surface area (Å²) in [6.07, 6.45) is 1.89. The average Bonchev–Trinajstić information content (AvgIpc) is 2.17. The molecular formula is C6H10N6O6. The van der Waals surface area contributed by atoms with Gasteiger partial charge in [-0.2, -0.15) is 0 Å². The zero-order chi connectivity index (χ0) is 10.6. The lowest BCUT2D eigenvalue weighted by atomic mass is 10.1. The van der Waals surface area contributed by atoms with E-state index in [9.17, 15) is 9.59 Å². The van der Waals surface area contributed by atoms with E-state index in [1.165, 1.54) is 0 Å². The first-order valence-electron chi connectivity index (χ1n) is 3.32. The Hall–Kier alpha value is -2.72. The smallest absolute Gasteiger partial charge is 0.188 e. The van der Waals surface area contributed by atoms with Gasteiger partial charge in [0.2, 0.25) is 0 Å². The van der Waals surface area contributed by atoms with Gasteiger partial charge < -0.3 is 21.9 Å². The Morgan fingerprint density at radius 1 is 0.778 bits per heavy atom. The van der Waals surface area contributed by atoms with Crippen LogP contribution in [0.3, 0.4) is 0 Å². The maximum atomic E-state index is 11.1. The molecule has 0 unspecified atom stereocenters. The second-order valence-corrected chi connectivity index (χ2v) is 2.14. The van der Waals surface area contributed by atoms with E-state index < -0.39 is 23.0 Å². The van der Waals surface area contributed by atoms with Crippen LogP contribution in [0.1, 0.15) is 0 Å². The van der Waals surface area contributed by atoms with Gasteiger partial charge in [-0.25, -0.2) is 0 Å². The lowest BCUT2D eigenvalue weighted by molar-refractivity contribution is -0.115. The molecular weight excluding hydrogens is 252 g/mol. The molecule has 1 rings (SSSR count). The summed E-state index contributed by atoms with van der Waals surface area (Å²) in [6, 6.07) is 0. The van der Waals surface area contributed by atoms with E-state index in [4.69, 9.17) is 11.1 Å². The van der Waals surface area contributed by atoms with Gasteiger partial charge in [0.05, 0.1) is 11.4 Å². The summed E-state index contributed by atoms with van der Waals surface area (Å²) in [5.74, 6) is -1.32. The number of carbonyl (C=O) groups is 2. The van der Waals surface area contributed by atoms with E-state index in [1.54, 1.807) is 0 Å². The highest BCUT2D eigenvalue weighted by Crippen LogP contribution is 2.16. The minimum atomic E-state index is -0.662. The van der Waals surface area contributed by atoms with Gasteiger partial charge in [0.25, 0.3) is 0 Å². The van der Waals surface area contributed by atoms with E-state index in [0.717, 1.165) is 12.2 Å². The molecule has 12 heteroatoms. The third-order valence-electron chi connectivity index (χ3n) is 1.37. The van der Waals surface area contributed by atoms with Crippen LogP contribution in [0.5, 0.6) is 0 Å². The summed E-state index contributed by atoms with van der Waals surface area (Å²) in [5.41, 5.74) is 15.3. The van der Waals surface area contributed by atoms with Crippen molar-refractivity contribution < 1.29 is 31.5 Å². The van der Waals surface area contributed by atoms with Crippen molar-refractivity contribution in [1.82, 2.24) is 0 Å². The first-order valence-corrected chi connectivity index (χ1v) is 3.32. The van der Waals surface area contributed by atoms with Crippen LogP contribution in [0.4, 0.5) is 0 Å². The van der Waals surface area contributed by atoms with Crippen LogP contribution >= 0.6 is 0 Å². The van der Waals surface area contributed by atoms with Gasteiger partial charge >= 0.3 is 0 Å². The highest BCUT2D eigenvalue weighted by molar-refractivity contribution is 6.19. The molecule has 12 nitrogen and oxygen atoms in total. The number of rotatable bonds is 2. The Morgan fingerprint density at radius 3 is 1.28 bits per heavy atom. The van der Waals surface area contributed by atoms with Crippen LogP contribution in [-0.4, -0.2) is 33.5 Å². The Labute approximate surface area is 98.7 Å². The number of nitrogens with zero attached hydrogens (tertiary/aromatic N) is 6. The number of allylic oxidation sites excluding steroid dienone is 2. The monoisotopic (exact) mass is 262 g/mol. The molecule has 0 aromatic carbocycles. The van der Waals surface area contributed by atoms with E-state index >= 15 is 0 Å². The van der Waals surface area contributed by atoms with Gasteiger partial charge in [0, 0.05) is 9.82 Å². The average molecular weight is 262 g/mol. The minimum Gasteiger partial charge on any atom is -0.412 e. The lowest BCUT2D eigenvalue weighted by Crippen LogP contribution is -2.11. The van der Waals surface area contributed by atoms with Gasteiger partial charge in [0.15, 0.2) is 11.6 Å². The van der Waals surface area contributed by atoms with Crippen LogP contribution < -0.4 is 0 Å². The fraction of sp³-hybridized carbons (Fsp3) is 0. The number of hydrogen-bond donors (Lipinski definition) is 0. The standard InChI is InChI=1S/C6H2N6O2.4H2O/c7-11-9-5-3(13)1-2-4(14)6(5)10-12-8;;;;/h1-2H;4*1H2. The van der Waals surface area contributed by atoms with E-state index in [-0.39, 0.29) is 21.9 Å². The van der Waals surface area contributed by atoms with Crippen LogP contribution in [-0.2, 0) is 9.59 Å². The van der Waals surface area contributed by atoms with Crippen molar-refractivity contribution in [3.63, 3.8) is 0 Å². The molecule has 0 aromatic rings. The predicted octanol–water partition coefficient (Wildman–Crippen LogP) is -1.77. The summed E-state index contributed by atoms with van der Waals surface area (Å²) < 4.78 is 0. The molecule has 18 heavy (non-hydrogen) atoms. The maximum Gasteiger partial charge on any atom is 0.188 e. The Bertz CT molecular complexity index is 427. The van der Waals surface area contributed by atoms with E-state index in [0.29, 0.717) is 0 Å². The molecule has 0 fully saturated rings. The van der Waals surface area contributed by atoms with Crippen molar-refractivity contribution in [2.45, 2.75) is 0 Å². The van der Waals surface area contributed by atoms with Gasteiger partial charge in [-0.05, 0) is 23.2 Å². The van der Waals surface area contributed by atoms with Crippen molar-refractivity contribution >= 4 is 11.6 Å². The van der Waals surface area contributed by atoms with Crippen LogP contribution in [0.2, 0.25) is 0 Å². The van der Waals surface area contributed by atoms with Gasteiger partial charge in [-0.3, -0.25) is 9.59 Å². The van der Waals surface area contributed by atoms with Crippen molar-refractivity contribution in [1.29, 1.82) is 0 Å². The van der Waals surface area contributed by atoms with Crippen molar-refractivity contribution in [2.24, 2.45) is 10.2 Å². The fourth-order valence-electron chi connectivity index (χ4n) is 0.825. The molecule has 0 atom stereocenters. The molecule has 0 spiro atoms. The molecule has 1 aliphatic rings. The molecule has 0 saturated heterocycles. The molecule has 0 saturated carbocycles. The summed E-state index contributed by atoms with van der Waals surface area (Å²) in [4.78, 5) is 26.8. The summed E-state index contributed by atoms with van der Waals surface area (Å²) >= 11 is 0. The summed E-state index contributed by atoms with van der Waals surface area (Å²) in [7, 11) is 0. The minimum absolute atomic E-state index is 0. The van der Waals surface area contributed by atoms with Crippen LogP contribution in [0, 0.1) is 0 Å². The highest BCUT2D eigenvalue weighted by atomic mass is 16.1. The van der Waals surface area contributed by atoms with Gasteiger partial charge in [-0.1, -0.05) is 10.2 Å². The Morgan fingerprint density at radius 2 is 1.06 bits per heavy atom. The number of carbonyl (C=O) groups excluding carboxylic acids is 2. The molecule has 8 N–H and O–H groups in total. The second kappa shape index (κ2) is 10.8. The maximum absolute atomic E-state index is 11.1. The molecule has 0 heterocycles. The molecule has 0 radical (unpaired) electrons. The first-order chi connectivity index (χ1) is 6.70. The first kappa shape index (κ1) is 24.5. The molecule has 0 aliphatic heterocycles. The fourth-order valence-corrected chi connectivity index (χ4v) is 0.825. The van der Waals surface area contributed by atoms with Crippen LogP contribution in [0.25, 0.3) is 20.9 Å². The normalized spacial score (nSPS) is 11.6. The molecule has 0 amide bonds. The SMILES string of the molecule is O.O.O.O.[N-]=[N+]=NC1=C(N=[N+]=[N-])C(=O)C=CC1=O. The molecule has 0 bridgehead atoms. The zero-order valence-corrected chi connectivity index (χ0v) is 8.65. The summed E-state index contributed by atoms with van der Waals surface area (Å²) in [5, 5.41) is 5.98. The van der Waals surface area contributed by atoms with Gasteiger partial charge in [0.1, 0.15) is 0 Å². The Kier molecular flexibility index (Phi) is 14.7. The topological polar surface area (TPSA) is 258 Å². The predicted molar refractivity (Wildman–Crippen MR) is 58.9 cm³/mol. The van der Waals surface area contributed by atoms with Crippen molar-refractivity contribution in [3.8, 4) is 0 Å². The van der Waals surface area contributed by atoms with Crippen molar-refractivity contribution in [2.75, 3.05) is 0 Å². The van der Waals surface area contributed by atoms with E-state index in [2.05, 4.69) is 20.1 Å². The third kappa shape index (κ3) is 4.87. The number of ketones is 2. The highest BCUT2D eigenvalue weighted by Gasteiger charge is 2.20. The molecule has 1 aliphatic carbocycles. The second-order valence-electron chi connectivity index (χ2n) is 2.14. The zero-order valence-electron chi connectivity index (χ0n) is 8.65. The molecule has 0 aromatic heterocycles. The summed E-state index contributed by atoms with van der Waals surface area (Å²) in [6.45, 7) is 0. The number of azide groups is 2. The quantitative estimate of drug-likeness (QED) is 0.242. The molecule has 100 valence electrons. The van der Waals surface area contributed by atoms with E-state index in [1.807, 2.05) is 0 Å².